The summed E-state index contributed by atoms with van der Waals surface area (Å²) in [6, 6.07) is 11.5. The Balaban J connectivity index is 1.61. The molecular weight excluding hydrogens is 348 g/mol. The quantitative estimate of drug-likeness (QED) is 0.422. The van der Waals surface area contributed by atoms with Crippen LogP contribution in [-0.4, -0.2) is 30.8 Å². The number of carbonyl (C=O) groups excluding carboxylic acids is 1. The van der Waals surface area contributed by atoms with E-state index in [-0.39, 0.29) is 11.0 Å². The van der Waals surface area contributed by atoms with E-state index in [1.165, 1.54) is 11.8 Å². The molecule has 0 unspecified atom stereocenters. The van der Waals surface area contributed by atoms with Gasteiger partial charge in [-0.15, -0.1) is 10.2 Å². The summed E-state index contributed by atoms with van der Waals surface area (Å²) in [4.78, 5) is 16.4. The maximum absolute atomic E-state index is 13.1. The predicted molar refractivity (Wildman–Crippen MR) is 101 cm³/mol. The zero-order valence-electron chi connectivity index (χ0n) is 14.7. The zero-order chi connectivity index (χ0) is 18.3. The van der Waals surface area contributed by atoms with Crippen LogP contribution in [0.3, 0.4) is 0 Å². The van der Waals surface area contributed by atoms with E-state index in [0.717, 1.165) is 22.2 Å². The van der Waals surface area contributed by atoms with Gasteiger partial charge in [0.15, 0.2) is 22.5 Å². The van der Waals surface area contributed by atoms with Crippen molar-refractivity contribution in [2.24, 2.45) is 7.05 Å². The van der Waals surface area contributed by atoms with Crippen molar-refractivity contribution in [3.63, 3.8) is 0 Å². The SMILES string of the molecule is Cc1[nH]c2ccccc2c1C(=O)[C@H](C)Sc1nnc(-c2ccco2)n1C. The molecule has 4 aromatic rings. The molecule has 0 spiro atoms. The third-order valence-corrected chi connectivity index (χ3v) is 5.50. The minimum Gasteiger partial charge on any atom is -0.461 e. The molecule has 1 atom stereocenters. The third kappa shape index (κ3) is 2.74. The Morgan fingerprint density at radius 2 is 2.04 bits per heavy atom. The van der Waals surface area contributed by atoms with Gasteiger partial charge in [-0.3, -0.25) is 4.79 Å². The molecule has 0 fully saturated rings. The smallest absolute Gasteiger partial charge is 0.200 e. The Labute approximate surface area is 154 Å². The third-order valence-electron chi connectivity index (χ3n) is 4.37. The normalized spacial score (nSPS) is 12.6. The molecule has 6 nitrogen and oxygen atoms in total. The van der Waals surface area contributed by atoms with E-state index >= 15 is 0 Å². The van der Waals surface area contributed by atoms with Gasteiger partial charge in [0.05, 0.1) is 11.5 Å². The Kier molecular flexibility index (Phi) is 4.16. The van der Waals surface area contributed by atoms with Gasteiger partial charge in [0.25, 0.3) is 0 Å². The van der Waals surface area contributed by atoms with Crippen LogP contribution in [0.15, 0.2) is 52.2 Å². The first-order chi connectivity index (χ1) is 12.6. The summed E-state index contributed by atoms with van der Waals surface area (Å²) in [6.07, 6.45) is 1.60. The molecule has 4 rings (SSSR count). The van der Waals surface area contributed by atoms with Gasteiger partial charge in [-0.05, 0) is 32.0 Å². The second-order valence-corrected chi connectivity index (χ2v) is 7.45. The van der Waals surface area contributed by atoms with Gasteiger partial charge in [-0.1, -0.05) is 30.0 Å². The number of nitrogens with zero attached hydrogens (tertiary/aromatic N) is 3. The van der Waals surface area contributed by atoms with E-state index in [1.54, 1.807) is 6.26 Å². The molecule has 0 aliphatic rings. The number of Topliss-reactive ketones (excluding diaryl/α,β-unsaturated/α-hetero) is 1. The van der Waals surface area contributed by atoms with Gasteiger partial charge < -0.3 is 14.0 Å². The average Bonchev–Trinajstić information content (AvgIpc) is 3.33. The molecule has 1 N–H and O–H groups in total. The molecule has 0 amide bonds. The number of thioether (sulfide) groups is 1. The molecule has 1 aromatic carbocycles. The molecule has 132 valence electrons. The Hall–Kier alpha value is -2.80. The molecule has 0 radical (unpaired) electrons. The maximum atomic E-state index is 13.1. The first kappa shape index (κ1) is 16.7. The first-order valence-corrected chi connectivity index (χ1v) is 9.15. The number of aromatic amines is 1. The first-order valence-electron chi connectivity index (χ1n) is 8.27. The average molecular weight is 366 g/mol. The minimum atomic E-state index is -0.291. The number of carbonyl (C=O) groups is 1. The Bertz CT molecular complexity index is 1080. The fourth-order valence-corrected chi connectivity index (χ4v) is 3.92. The maximum Gasteiger partial charge on any atom is 0.200 e. The van der Waals surface area contributed by atoms with E-state index in [4.69, 9.17) is 4.42 Å². The molecule has 0 saturated heterocycles. The number of fused-ring (bicyclic) bond motifs is 1. The van der Waals surface area contributed by atoms with Crippen LogP contribution in [-0.2, 0) is 7.05 Å². The number of aryl methyl sites for hydroxylation is 1. The van der Waals surface area contributed by atoms with E-state index in [0.29, 0.717) is 16.7 Å². The second-order valence-electron chi connectivity index (χ2n) is 6.14. The van der Waals surface area contributed by atoms with Crippen molar-refractivity contribution in [2.75, 3.05) is 0 Å². The van der Waals surface area contributed by atoms with Gasteiger partial charge in [-0.2, -0.15) is 0 Å². The highest BCUT2D eigenvalue weighted by Crippen LogP contribution is 2.30. The highest BCUT2D eigenvalue weighted by atomic mass is 32.2. The van der Waals surface area contributed by atoms with E-state index in [1.807, 2.05) is 61.9 Å². The number of benzene rings is 1. The summed E-state index contributed by atoms with van der Waals surface area (Å²) in [7, 11) is 1.87. The zero-order valence-corrected chi connectivity index (χ0v) is 15.5. The molecule has 7 heteroatoms. The van der Waals surface area contributed by atoms with Crippen molar-refractivity contribution in [3.05, 3.63) is 53.9 Å². The number of aromatic nitrogens is 4. The number of hydrogen-bond donors (Lipinski definition) is 1. The van der Waals surface area contributed by atoms with Gasteiger partial charge in [-0.25, -0.2) is 0 Å². The Morgan fingerprint density at radius 1 is 1.23 bits per heavy atom. The number of nitrogens with one attached hydrogen (secondary N) is 1. The molecule has 0 saturated carbocycles. The number of H-pyrrole nitrogens is 1. The number of hydrogen-bond acceptors (Lipinski definition) is 5. The Morgan fingerprint density at radius 3 is 2.81 bits per heavy atom. The minimum absolute atomic E-state index is 0.0764. The number of ketones is 1. The van der Waals surface area contributed by atoms with Crippen LogP contribution in [0.5, 0.6) is 0 Å². The van der Waals surface area contributed by atoms with Crippen LogP contribution in [0, 0.1) is 6.92 Å². The fourth-order valence-electron chi connectivity index (χ4n) is 3.05. The number of furan rings is 1. The monoisotopic (exact) mass is 366 g/mol. The summed E-state index contributed by atoms with van der Waals surface area (Å²) in [5, 5.41) is 9.74. The molecule has 0 aliphatic heterocycles. The topological polar surface area (TPSA) is 76.7 Å². The summed E-state index contributed by atoms with van der Waals surface area (Å²) in [5.74, 6) is 1.37. The molecule has 26 heavy (non-hydrogen) atoms. The lowest BCUT2D eigenvalue weighted by atomic mass is 10.1. The summed E-state index contributed by atoms with van der Waals surface area (Å²) < 4.78 is 7.23. The largest absolute Gasteiger partial charge is 0.461 e. The van der Waals surface area contributed by atoms with E-state index in [9.17, 15) is 4.79 Å². The van der Waals surface area contributed by atoms with Crippen LogP contribution in [0.1, 0.15) is 23.0 Å². The summed E-state index contributed by atoms with van der Waals surface area (Å²) >= 11 is 1.40. The second kappa shape index (κ2) is 6.49. The van der Waals surface area contributed by atoms with Crippen molar-refractivity contribution in [1.82, 2.24) is 19.7 Å². The lowest BCUT2D eigenvalue weighted by Crippen LogP contribution is -2.15. The number of para-hydroxylation sites is 1. The van der Waals surface area contributed by atoms with Crippen LogP contribution < -0.4 is 0 Å². The van der Waals surface area contributed by atoms with E-state index < -0.39 is 0 Å². The summed E-state index contributed by atoms with van der Waals surface area (Å²) in [6.45, 7) is 3.83. The molecule has 3 aromatic heterocycles. The van der Waals surface area contributed by atoms with Crippen molar-refractivity contribution in [1.29, 1.82) is 0 Å². The van der Waals surface area contributed by atoms with Crippen LogP contribution in [0.4, 0.5) is 0 Å². The van der Waals surface area contributed by atoms with Crippen molar-refractivity contribution < 1.29 is 9.21 Å². The van der Waals surface area contributed by atoms with Crippen molar-refractivity contribution in [3.8, 4) is 11.6 Å². The van der Waals surface area contributed by atoms with Crippen LogP contribution >= 0.6 is 11.8 Å². The van der Waals surface area contributed by atoms with Crippen molar-refractivity contribution >= 4 is 28.4 Å². The lowest BCUT2D eigenvalue weighted by Gasteiger charge is -2.10. The predicted octanol–water partition coefficient (Wildman–Crippen LogP) is 4.23. The highest BCUT2D eigenvalue weighted by Gasteiger charge is 2.24. The van der Waals surface area contributed by atoms with Gasteiger partial charge in [0.2, 0.25) is 0 Å². The fraction of sp³-hybridized carbons (Fsp3) is 0.211. The number of rotatable bonds is 5. The molecule has 0 bridgehead atoms. The van der Waals surface area contributed by atoms with Gasteiger partial charge in [0.1, 0.15) is 0 Å². The van der Waals surface area contributed by atoms with Crippen molar-refractivity contribution in [2.45, 2.75) is 24.3 Å². The highest BCUT2D eigenvalue weighted by molar-refractivity contribution is 8.00. The lowest BCUT2D eigenvalue weighted by molar-refractivity contribution is 0.0995. The molecule has 3 heterocycles. The van der Waals surface area contributed by atoms with Gasteiger partial charge >= 0.3 is 0 Å². The van der Waals surface area contributed by atoms with Crippen LogP contribution in [0.2, 0.25) is 0 Å². The standard InChI is InChI=1S/C19H18N4O2S/c1-11-16(13-7-4-5-8-14(13)20-11)17(24)12(2)26-19-22-21-18(23(19)3)15-9-6-10-25-15/h4-10,12,20H,1-3H3/t12-/m0/s1. The molecular formula is C19H18N4O2S. The van der Waals surface area contributed by atoms with Crippen LogP contribution in [0.25, 0.3) is 22.5 Å². The molecule has 0 aliphatic carbocycles. The van der Waals surface area contributed by atoms with E-state index in [2.05, 4.69) is 15.2 Å². The van der Waals surface area contributed by atoms with Gasteiger partial charge in [0, 0.05) is 29.2 Å². The summed E-state index contributed by atoms with van der Waals surface area (Å²) in [5.41, 5.74) is 2.61.